The number of esters is 1. The molecule has 144 valence electrons. The van der Waals surface area contributed by atoms with E-state index in [9.17, 15) is 4.79 Å². The number of thiophene rings is 1. The summed E-state index contributed by atoms with van der Waals surface area (Å²) < 4.78 is 5.34. The molecule has 1 heterocycles. The van der Waals surface area contributed by atoms with E-state index in [-0.39, 0.29) is 5.97 Å². The SMILES string of the molecule is CCOC(=O)c1c(NC(=S)Nc2ccc(C)cc2)sc2c1CCCCCC2. The normalized spacial score (nSPS) is 13.9. The topological polar surface area (TPSA) is 50.4 Å². The van der Waals surface area contributed by atoms with Crippen LogP contribution >= 0.6 is 23.6 Å². The minimum Gasteiger partial charge on any atom is -0.462 e. The van der Waals surface area contributed by atoms with Gasteiger partial charge < -0.3 is 15.4 Å². The van der Waals surface area contributed by atoms with Gasteiger partial charge in [-0.15, -0.1) is 11.3 Å². The predicted octanol–water partition coefficient (Wildman–Crippen LogP) is 5.70. The van der Waals surface area contributed by atoms with Gasteiger partial charge in [-0.2, -0.15) is 0 Å². The average Bonchev–Trinajstić information content (AvgIpc) is 2.93. The summed E-state index contributed by atoms with van der Waals surface area (Å²) in [5.41, 5.74) is 3.94. The summed E-state index contributed by atoms with van der Waals surface area (Å²) >= 11 is 7.13. The van der Waals surface area contributed by atoms with Crippen LogP contribution < -0.4 is 10.6 Å². The zero-order valence-corrected chi connectivity index (χ0v) is 17.5. The first-order valence-electron chi connectivity index (χ1n) is 9.54. The van der Waals surface area contributed by atoms with Crippen LogP contribution in [0, 0.1) is 6.92 Å². The van der Waals surface area contributed by atoms with Crippen LogP contribution in [0.3, 0.4) is 0 Å². The average molecular weight is 403 g/mol. The molecule has 0 spiro atoms. The minimum absolute atomic E-state index is 0.254. The lowest BCUT2D eigenvalue weighted by Gasteiger charge is -2.12. The summed E-state index contributed by atoms with van der Waals surface area (Å²) in [5, 5.41) is 7.73. The Hall–Kier alpha value is -1.92. The molecule has 0 amide bonds. The molecule has 27 heavy (non-hydrogen) atoms. The smallest absolute Gasteiger partial charge is 0.341 e. The van der Waals surface area contributed by atoms with Crippen LogP contribution in [-0.4, -0.2) is 17.7 Å². The molecule has 1 aliphatic carbocycles. The third-order valence-corrected chi connectivity index (χ3v) is 6.10. The second-order valence-corrected chi connectivity index (χ2v) is 8.30. The molecule has 0 bridgehead atoms. The van der Waals surface area contributed by atoms with E-state index in [0.717, 1.165) is 35.5 Å². The number of fused-ring (bicyclic) bond motifs is 1. The first-order chi connectivity index (χ1) is 13.1. The zero-order chi connectivity index (χ0) is 19.2. The highest BCUT2D eigenvalue weighted by atomic mass is 32.1. The van der Waals surface area contributed by atoms with Gasteiger partial charge in [-0.3, -0.25) is 0 Å². The van der Waals surface area contributed by atoms with Crippen LogP contribution in [0.5, 0.6) is 0 Å². The lowest BCUT2D eigenvalue weighted by atomic mass is 9.96. The lowest BCUT2D eigenvalue weighted by molar-refractivity contribution is 0.0526. The number of hydrogen-bond acceptors (Lipinski definition) is 4. The van der Waals surface area contributed by atoms with Crippen LogP contribution in [0.25, 0.3) is 0 Å². The Morgan fingerprint density at radius 2 is 1.81 bits per heavy atom. The standard InChI is InChI=1S/C21H26N2O2S2/c1-3-25-20(24)18-16-8-6-4-5-7-9-17(16)27-19(18)23-21(26)22-15-12-10-14(2)11-13-15/h10-13H,3-9H2,1-2H3,(H2,22,23,26). The van der Waals surface area contributed by atoms with Gasteiger partial charge in [-0.1, -0.05) is 30.5 Å². The molecule has 6 heteroatoms. The van der Waals surface area contributed by atoms with Gasteiger partial charge in [-0.05, 0) is 69.4 Å². The number of hydrogen-bond donors (Lipinski definition) is 2. The summed E-state index contributed by atoms with van der Waals surface area (Å²) in [7, 11) is 0. The highest BCUT2D eigenvalue weighted by Gasteiger charge is 2.25. The van der Waals surface area contributed by atoms with Gasteiger partial charge >= 0.3 is 5.97 Å². The van der Waals surface area contributed by atoms with Crippen LogP contribution in [0.15, 0.2) is 24.3 Å². The van der Waals surface area contributed by atoms with E-state index < -0.39 is 0 Å². The maximum atomic E-state index is 12.7. The third-order valence-electron chi connectivity index (χ3n) is 4.69. The van der Waals surface area contributed by atoms with Crippen molar-refractivity contribution in [3.05, 3.63) is 45.8 Å². The molecular formula is C21H26N2O2S2. The predicted molar refractivity (Wildman–Crippen MR) is 117 cm³/mol. The van der Waals surface area contributed by atoms with E-state index in [1.807, 2.05) is 38.1 Å². The maximum absolute atomic E-state index is 12.7. The molecule has 1 aromatic heterocycles. The van der Waals surface area contributed by atoms with Gasteiger partial charge in [0.1, 0.15) is 5.00 Å². The Morgan fingerprint density at radius 1 is 1.11 bits per heavy atom. The summed E-state index contributed by atoms with van der Waals surface area (Å²) in [5.74, 6) is -0.254. The fourth-order valence-electron chi connectivity index (χ4n) is 3.33. The first-order valence-corrected chi connectivity index (χ1v) is 10.8. The zero-order valence-electron chi connectivity index (χ0n) is 15.9. The number of carbonyl (C=O) groups excluding carboxylic acids is 1. The van der Waals surface area contributed by atoms with Crippen LogP contribution in [0.1, 0.15) is 59.0 Å². The molecule has 0 atom stereocenters. The Labute approximate surface area is 170 Å². The summed E-state index contributed by atoms with van der Waals surface area (Å²) in [6.07, 6.45) is 6.70. The number of rotatable bonds is 4. The lowest BCUT2D eigenvalue weighted by Crippen LogP contribution is -2.20. The van der Waals surface area contributed by atoms with Gasteiger partial charge in [0, 0.05) is 10.6 Å². The van der Waals surface area contributed by atoms with Crippen molar-refractivity contribution in [3.8, 4) is 0 Å². The van der Waals surface area contributed by atoms with Crippen molar-refractivity contribution in [3.63, 3.8) is 0 Å². The fraction of sp³-hybridized carbons (Fsp3) is 0.429. The van der Waals surface area contributed by atoms with Gasteiger partial charge in [-0.25, -0.2) is 4.79 Å². The minimum atomic E-state index is -0.254. The molecule has 0 saturated heterocycles. The molecule has 2 aromatic rings. The van der Waals surface area contributed by atoms with Crippen molar-refractivity contribution >= 4 is 45.3 Å². The van der Waals surface area contributed by atoms with E-state index in [1.54, 1.807) is 11.3 Å². The Morgan fingerprint density at radius 3 is 2.52 bits per heavy atom. The van der Waals surface area contributed by atoms with Crippen LogP contribution in [0.4, 0.5) is 10.7 Å². The van der Waals surface area contributed by atoms with E-state index >= 15 is 0 Å². The van der Waals surface area contributed by atoms with E-state index in [2.05, 4.69) is 10.6 Å². The van der Waals surface area contributed by atoms with Crippen LogP contribution in [-0.2, 0) is 17.6 Å². The van der Waals surface area contributed by atoms with Gasteiger partial charge in [0.2, 0.25) is 0 Å². The number of carbonyl (C=O) groups is 1. The second kappa shape index (κ2) is 9.33. The fourth-order valence-corrected chi connectivity index (χ4v) is 4.90. The molecule has 0 unspecified atom stereocenters. The van der Waals surface area contributed by atoms with Crippen molar-refractivity contribution in [1.29, 1.82) is 0 Å². The Kier molecular flexibility index (Phi) is 6.85. The van der Waals surface area contributed by atoms with Crippen molar-refractivity contribution in [2.24, 2.45) is 0 Å². The molecular weight excluding hydrogens is 376 g/mol. The molecule has 0 radical (unpaired) electrons. The Balaban J connectivity index is 1.84. The van der Waals surface area contributed by atoms with Gasteiger partial charge in [0.25, 0.3) is 0 Å². The van der Waals surface area contributed by atoms with E-state index in [1.165, 1.54) is 29.7 Å². The second-order valence-electron chi connectivity index (χ2n) is 6.79. The molecule has 0 saturated carbocycles. The highest BCUT2D eigenvalue weighted by Crippen LogP contribution is 2.37. The maximum Gasteiger partial charge on any atom is 0.341 e. The number of aryl methyl sites for hydroxylation is 2. The number of benzene rings is 1. The quantitative estimate of drug-likeness (QED) is 0.507. The first kappa shape index (κ1) is 19.8. The van der Waals surface area contributed by atoms with E-state index in [0.29, 0.717) is 17.3 Å². The van der Waals surface area contributed by atoms with Crippen molar-refractivity contribution < 1.29 is 9.53 Å². The molecule has 0 fully saturated rings. The van der Waals surface area contributed by atoms with Crippen molar-refractivity contribution in [2.75, 3.05) is 17.2 Å². The number of anilines is 2. The molecule has 3 rings (SSSR count). The monoisotopic (exact) mass is 402 g/mol. The van der Waals surface area contributed by atoms with Crippen LogP contribution in [0.2, 0.25) is 0 Å². The summed E-state index contributed by atoms with van der Waals surface area (Å²) in [4.78, 5) is 13.9. The third kappa shape index (κ3) is 5.08. The van der Waals surface area contributed by atoms with Gasteiger partial charge in [0.15, 0.2) is 5.11 Å². The van der Waals surface area contributed by atoms with Gasteiger partial charge in [0.05, 0.1) is 12.2 Å². The number of ether oxygens (including phenoxy) is 1. The van der Waals surface area contributed by atoms with Crippen molar-refractivity contribution in [2.45, 2.75) is 52.4 Å². The van der Waals surface area contributed by atoms with E-state index in [4.69, 9.17) is 17.0 Å². The molecule has 1 aromatic carbocycles. The Bertz CT molecular complexity index is 812. The summed E-state index contributed by atoms with van der Waals surface area (Å²) in [6.45, 7) is 4.26. The number of nitrogens with one attached hydrogen (secondary N) is 2. The molecule has 0 aliphatic heterocycles. The highest BCUT2D eigenvalue weighted by molar-refractivity contribution is 7.80. The summed E-state index contributed by atoms with van der Waals surface area (Å²) in [6, 6.07) is 8.05. The molecule has 4 nitrogen and oxygen atoms in total. The van der Waals surface area contributed by atoms with Crippen molar-refractivity contribution in [1.82, 2.24) is 0 Å². The molecule has 2 N–H and O–H groups in total. The largest absolute Gasteiger partial charge is 0.462 e. The number of thiocarbonyl (C=S) groups is 1. The molecule has 1 aliphatic rings.